The number of carbonyl (C=O) groups is 1. The average Bonchev–Trinajstić information content (AvgIpc) is 3.23. The van der Waals surface area contributed by atoms with Gasteiger partial charge in [0.25, 0.3) is 11.5 Å². The number of rotatable bonds is 6. The third-order valence-electron chi connectivity index (χ3n) is 5.27. The second-order valence-electron chi connectivity index (χ2n) is 7.61. The lowest BCUT2D eigenvalue weighted by Crippen LogP contribution is -2.28. The topological polar surface area (TPSA) is 78.4 Å². The molecule has 32 heavy (non-hydrogen) atoms. The highest BCUT2D eigenvalue weighted by Crippen LogP contribution is 2.34. The maximum Gasteiger partial charge on any atom is 0.253 e. The summed E-state index contributed by atoms with van der Waals surface area (Å²) in [5.41, 5.74) is 4.58. The third kappa shape index (κ3) is 5.19. The van der Waals surface area contributed by atoms with Crippen LogP contribution in [0.2, 0.25) is 0 Å². The summed E-state index contributed by atoms with van der Waals surface area (Å²) in [6, 6.07) is 17.5. The van der Waals surface area contributed by atoms with E-state index in [4.69, 9.17) is 5.10 Å². The van der Waals surface area contributed by atoms with E-state index in [-0.39, 0.29) is 23.3 Å². The molecule has 0 saturated carbocycles. The number of benzene rings is 2. The van der Waals surface area contributed by atoms with E-state index in [1.165, 1.54) is 23.4 Å². The summed E-state index contributed by atoms with van der Waals surface area (Å²) in [7, 11) is 0. The number of nitrogens with one attached hydrogen (secondary N) is 1. The Hall–Kier alpha value is -2.71. The Morgan fingerprint density at radius 3 is 2.59 bits per heavy atom. The summed E-state index contributed by atoms with van der Waals surface area (Å²) in [6.45, 7) is 3.98. The zero-order chi connectivity index (χ0) is 22.7. The van der Waals surface area contributed by atoms with Gasteiger partial charge in [-0.2, -0.15) is 5.10 Å². The Morgan fingerprint density at radius 1 is 1.19 bits per heavy atom. The van der Waals surface area contributed by atoms with E-state index in [1.54, 1.807) is 5.01 Å². The molecular weight excluding hydrogens is 488 g/mol. The van der Waals surface area contributed by atoms with Crippen molar-refractivity contribution in [3.8, 4) is 0 Å². The smallest absolute Gasteiger partial charge is 0.253 e. The number of hydrazone groups is 1. The predicted octanol–water partition coefficient (Wildman–Crippen LogP) is 4.87. The number of halogens is 1. The number of nitrogens with zero attached hydrogens (tertiary/aromatic N) is 3. The largest absolute Gasteiger partial charge is 0.301 e. The van der Waals surface area contributed by atoms with E-state index in [0.717, 1.165) is 21.3 Å². The van der Waals surface area contributed by atoms with E-state index in [9.17, 15) is 9.59 Å². The first kappa shape index (κ1) is 22.5. The second kappa shape index (κ2) is 9.83. The van der Waals surface area contributed by atoms with Crippen molar-refractivity contribution in [2.24, 2.45) is 5.10 Å². The number of carbonyl (C=O) groups excluding carboxylic acids is 1. The first-order valence-corrected chi connectivity index (χ1v) is 12.2. The second-order valence-corrected chi connectivity index (χ2v) is 9.49. The molecule has 2 heterocycles. The summed E-state index contributed by atoms with van der Waals surface area (Å²) in [5.74, 6) is 0.00695. The minimum Gasteiger partial charge on any atom is -0.301 e. The Labute approximate surface area is 199 Å². The van der Waals surface area contributed by atoms with Gasteiger partial charge in [0.2, 0.25) is 0 Å². The standard InChI is InChI=1S/C24H23BrN4O2S/c1-3-19-12-22(30)27-24(26-19)32-14-23(31)29-21(17-6-4-15(2)5-7-17)13-20(28-29)16-8-10-18(25)11-9-16/h4-12,21H,3,13-14H2,1-2H3,(H,26,27,30). The van der Waals surface area contributed by atoms with Crippen LogP contribution >= 0.6 is 27.7 Å². The van der Waals surface area contributed by atoms with Crippen molar-refractivity contribution in [1.82, 2.24) is 15.0 Å². The summed E-state index contributed by atoms with van der Waals surface area (Å²) < 4.78 is 0.995. The number of aromatic amines is 1. The monoisotopic (exact) mass is 510 g/mol. The molecule has 0 spiro atoms. The fraction of sp³-hybridized carbons (Fsp3) is 0.250. The lowest BCUT2D eigenvalue weighted by atomic mass is 9.98. The van der Waals surface area contributed by atoms with Gasteiger partial charge >= 0.3 is 0 Å². The number of aryl methyl sites for hydroxylation is 2. The first-order chi connectivity index (χ1) is 15.4. The summed E-state index contributed by atoms with van der Waals surface area (Å²) in [6.07, 6.45) is 1.30. The van der Waals surface area contributed by atoms with Crippen molar-refractivity contribution in [1.29, 1.82) is 0 Å². The van der Waals surface area contributed by atoms with Gasteiger partial charge in [-0.25, -0.2) is 9.99 Å². The van der Waals surface area contributed by atoms with Crippen molar-refractivity contribution in [2.75, 3.05) is 5.75 Å². The van der Waals surface area contributed by atoms with Crippen LogP contribution in [0.15, 0.2) is 74.1 Å². The SMILES string of the molecule is CCc1cc(=O)[nH]c(SCC(=O)N2N=C(c3ccc(Br)cc3)CC2c2ccc(C)cc2)n1. The van der Waals surface area contributed by atoms with Gasteiger partial charge in [0.15, 0.2) is 5.16 Å². The molecule has 0 aliphatic carbocycles. The molecule has 0 fully saturated rings. The molecule has 8 heteroatoms. The Bertz CT molecular complexity index is 1210. The van der Waals surface area contributed by atoms with Crippen LogP contribution in [0.4, 0.5) is 0 Å². The van der Waals surface area contributed by atoms with E-state index in [1.807, 2.05) is 38.1 Å². The highest BCUT2D eigenvalue weighted by atomic mass is 79.9. The highest BCUT2D eigenvalue weighted by Gasteiger charge is 2.33. The van der Waals surface area contributed by atoms with Crippen LogP contribution in [0.5, 0.6) is 0 Å². The number of H-pyrrole nitrogens is 1. The molecule has 0 bridgehead atoms. The van der Waals surface area contributed by atoms with Gasteiger partial charge in [0.1, 0.15) is 0 Å². The Morgan fingerprint density at radius 2 is 1.91 bits per heavy atom. The molecule has 1 atom stereocenters. The summed E-state index contributed by atoms with van der Waals surface area (Å²) >= 11 is 4.69. The molecule has 1 amide bonds. The molecular formula is C24H23BrN4O2S. The maximum absolute atomic E-state index is 13.2. The summed E-state index contributed by atoms with van der Waals surface area (Å²) in [5, 5.41) is 6.74. The van der Waals surface area contributed by atoms with Gasteiger partial charge in [0, 0.05) is 22.7 Å². The molecule has 1 N–H and O–H groups in total. The molecule has 1 aliphatic rings. The zero-order valence-corrected chi connectivity index (χ0v) is 20.2. The van der Waals surface area contributed by atoms with Gasteiger partial charge in [-0.1, -0.05) is 76.6 Å². The lowest BCUT2D eigenvalue weighted by molar-refractivity contribution is -0.130. The highest BCUT2D eigenvalue weighted by molar-refractivity contribution is 9.10. The van der Waals surface area contributed by atoms with Crippen molar-refractivity contribution < 1.29 is 4.79 Å². The minimum atomic E-state index is -0.207. The van der Waals surface area contributed by atoms with Gasteiger partial charge in [-0.3, -0.25) is 9.59 Å². The first-order valence-electron chi connectivity index (χ1n) is 10.4. The quantitative estimate of drug-likeness (QED) is 0.378. The number of aromatic nitrogens is 2. The molecule has 1 aromatic heterocycles. The van der Waals surface area contributed by atoms with E-state index in [0.29, 0.717) is 23.7 Å². The van der Waals surface area contributed by atoms with Gasteiger partial charge in [-0.05, 0) is 36.6 Å². The van der Waals surface area contributed by atoms with Crippen molar-refractivity contribution in [2.45, 2.75) is 37.9 Å². The molecule has 2 aromatic carbocycles. The Balaban J connectivity index is 1.58. The maximum atomic E-state index is 13.2. The normalized spacial score (nSPS) is 15.7. The lowest BCUT2D eigenvalue weighted by Gasteiger charge is -2.22. The van der Waals surface area contributed by atoms with Crippen LogP contribution in [-0.2, 0) is 11.2 Å². The Kier molecular flexibility index (Phi) is 6.91. The van der Waals surface area contributed by atoms with Gasteiger partial charge in [0.05, 0.1) is 17.5 Å². The van der Waals surface area contributed by atoms with E-state index in [2.05, 4.69) is 50.2 Å². The van der Waals surface area contributed by atoms with Crippen LogP contribution in [0.3, 0.4) is 0 Å². The number of amides is 1. The van der Waals surface area contributed by atoms with Crippen LogP contribution in [0, 0.1) is 6.92 Å². The van der Waals surface area contributed by atoms with Crippen molar-refractivity contribution in [3.63, 3.8) is 0 Å². The van der Waals surface area contributed by atoms with Crippen LogP contribution in [-0.4, -0.2) is 32.3 Å². The van der Waals surface area contributed by atoms with Gasteiger partial charge < -0.3 is 4.98 Å². The fourth-order valence-corrected chi connectivity index (χ4v) is 4.55. The van der Waals surface area contributed by atoms with Gasteiger partial charge in [-0.15, -0.1) is 0 Å². The number of thioether (sulfide) groups is 1. The van der Waals surface area contributed by atoms with Crippen LogP contribution < -0.4 is 5.56 Å². The molecule has 1 aliphatic heterocycles. The molecule has 164 valence electrons. The fourth-order valence-electron chi connectivity index (χ4n) is 3.53. The van der Waals surface area contributed by atoms with E-state index < -0.39 is 0 Å². The van der Waals surface area contributed by atoms with Crippen LogP contribution in [0.1, 0.15) is 41.8 Å². The molecule has 6 nitrogen and oxygen atoms in total. The van der Waals surface area contributed by atoms with Crippen molar-refractivity contribution >= 4 is 39.3 Å². The molecule has 3 aromatic rings. The molecule has 4 rings (SSSR count). The average molecular weight is 511 g/mol. The number of hydrogen-bond donors (Lipinski definition) is 1. The van der Waals surface area contributed by atoms with Crippen molar-refractivity contribution in [3.05, 3.63) is 91.8 Å². The van der Waals surface area contributed by atoms with E-state index >= 15 is 0 Å². The number of hydrogen-bond acceptors (Lipinski definition) is 5. The third-order valence-corrected chi connectivity index (χ3v) is 6.66. The van der Waals surface area contributed by atoms with Crippen LogP contribution in [0.25, 0.3) is 0 Å². The molecule has 1 unspecified atom stereocenters. The molecule has 0 saturated heterocycles. The zero-order valence-electron chi connectivity index (χ0n) is 17.8. The molecule has 0 radical (unpaired) electrons. The predicted molar refractivity (Wildman–Crippen MR) is 131 cm³/mol. The minimum absolute atomic E-state index is 0.128. The summed E-state index contributed by atoms with van der Waals surface area (Å²) in [4.78, 5) is 32.1.